The lowest BCUT2D eigenvalue weighted by Crippen LogP contribution is -2.36. The predicted molar refractivity (Wildman–Crippen MR) is 75.1 cm³/mol. The van der Waals surface area contributed by atoms with E-state index >= 15 is 0 Å². The smallest absolute Gasteiger partial charge is 0.255 e. The van der Waals surface area contributed by atoms with Gasteiger partial charge in [-0.15, -0.1) is 0 Å². The van der Waals surface area contributed by atoms with Gasteiger partial charge in [0, 0.05) is 12.6 Å². The van der Waals surface area contributed by atoms with Gasteiger partial charge in [0.15, 0.2) is 11.5 Å². The van der Waals surface area contributed by atoms with Crippen LogP contribution in [0.5, 0.6) is 11.5 Å². The van der Waals surface area contributed by atoms with Crippen LogP contribution in [-0.2, 0) is 0 Å². The minimum absolute atomic E-state index is 0.119. The molecule has 0 saturated heterocycles. The molecule has 1 aromatic carbocycles. The van der Waals surface area contributed by atoms with Gasteiger partial charge in [0.1, 0.15) is 13.2 Å². The number of hydrogen-bond donors (Lipinski definition) is 2. The first-order valence-electron chi connectivity index (χ1n) is 7.18. The quantitative estimate of drug-likeness (QED) is 0.873. The van der Waals surface area contributed by atoms with E-state index in [4.69, 9.17) is 15.2 Å². The maximum atomic E-state index is 12.3. The van der Waals surface area contributed by atoms with E-state index in [1.807, 2.05) is 12.1 Å². The molecule has 1 fully saturated rings. The number of benzene rings is 1. The molecular formula is C15H20N2O3. The molecule has 1 heterocycles. The number of para-hydroxylation sites is 1. The molecule has 2 atom stereocenters. The molecule has 108 valence electrons. The van der Waals surface area contributed by atoms with Crippen molar-refractivity contribution >= 4 is 5.91 Å². The fraction of sp³-hybridized carbons (Fsp3) is 0.533. The van der Waals surface area contributed by atoms with Crippen molar-refractivity contribution in [2.24, 2.45) is 11.7 Å². The summed E-state index contributed by atoms with van der Waals surface area (Å²) in [5.41, 5.74) is 6.55. The van der Waals surface area contributed by atoms with Gasteiger partial charge in [-0.3, -0.25) is 4.79 Å². The van der Waals surface area contributed by atoms with Crippen LogP contribution in [0.2, 0.25) is 0 Å². The number of hydrogen-bond acceptors (Lipinski definition) is 4. The maximum Gasteiger partial charge on any atom is 0.255 e. The van der Waals surface area contributed by atoms with Gasteiger partial charge in [-0.1, -0.05) is 12.5 Å². The monoisotopic (exact) mass is 276 g/mol. The van der Waals surface area contributed by atoms with Crippen molar-refractivity contribution in [2.45, 2.75) is 25.3 Å². The lowest BCUT2D eigenvalue weighted by molar-refractivity contribution is 0.0935. The third kappa shape index (κ3) is 2.58. The molecule has 1 aliphatic heterocycles. The summed E-state index contributed by atoms with van der Waals surface area (Å²) in [5, 5.41) is 2.97. The number of carbonyl (C=O) groups is 1. The molecule has 3 rings (SSSR count). The first kappa shape index (κ1) is 13.2. The average molecular weight is 276 g/mol. The van der Waals surface area contributed by atoms with E-state index in [2.05, 4.69) is 5.32 Å². The summed E-state index contributed by atoms with van der Waals surface area (Å²) in [6, 6.07) is 5.60. The molecule has 0 aromatic heterocycles. The Kier molecular flexibility index (Phi) is 3.78. The van der Waals surface area contributed by atoms with Gasteiger partial charge < -0.3 is 20.5 Å². The van der Waals surface area contributed by atoms with Crippen molar-refractivity contribution < 1.29 is 14.3 Å². The summed E-state index contributed by atoms with van der Waals surface area (Å²) in [7, 11) is 0. The largest absolute Gasteiger partial charge is 0.486 e. The van der Waals surface area contributed by atoms with Gasteiger partial charge in [-0.05, 0) is 30.9 Å². The van der Waals surface area contributed by atoms with E-state index in [-0.39, 0.29) is 11.9 Å². The van der Waals surface area contributed by atoms with Crippen LogP contribution in [0.1, 0.15) is 29.6 Å². The Hall–Kier alpha value is -1.75. The molecule has 5 nitrogen and oxygen atoms in total. The SMILES string of the molecule is NC1CCCC1CNC(=O)c1cccc2c1OCCO2. The van der Waals surface area contributed by atoms with Crippen molar-refractivity contribution in [1.29, 1.82) is 0 Å². The minimum atomic E-state index is -0.119. The van der Waals surface area contributed by atoms with Crippen LogP contribution < -0.4 is 20.5 Å². The number of fused-ring (bicyclic) bond motifs is 1. The first-order valence-corrected chi connectivity index (χ1v) is 7.18. The number of carbonyl (C=O) groups excluding carboxylic acids is 1. The Labute approximate surface area is 118 Å². The summed E-state index contributed by atoms with van der Waals surface area (Å²) in [5.74, 6) is 1.45. The van der Waals surface area contributed by atoms with Crippen LogP contribution in [0.3, 0.4) is 0 Å². The van der Waals surface area contributed by atoms with Gasteiger partial charge in [-0.25, -0.2) is 0 Å². The Morgan fingerprint density at radius 1 is 1.30 bits per heavy atom. The highest BCUT2D eigenvalue weighted by Gasteiger charge is 2.25. The summed E-state index contributed by atoms with van der Waals surface area (Å²) >= 11 is 0. The van der Waals surface area contributed by atoms with Gasteiger partial charge in [0.2, 0.25) is 0 Å². The lowest BCUT2D eigenvalue weighted by atomic mass is 10.0. The third-order valence-corrected chi connectivity index (χ3v) is 4.05. The van der Waals surface area contributed by atoms with Gasteiger partial charge >= 0.3 is 0 Å². The number of amides is 1. The Bertz CT molecular complexity index is 504. The molecule has 20 heavy (non-hydrogen) atoms. The molecule has 1 aromatic rings. The standard InChI is InChI=1S/C15H20N2O3/c16-12-5-1-3-10(12)9-17-15(18)11-4-2-6-13-14(11)20-8-7-19-13/h2,4,6,10,12H,1,3,5,7-9,16H2,(H,17,18). The number of nitrogens with one attached hydrogen (secondary N) is 1. The zero-order chi connectivity index (χ0) is 13.9. The summed E-state index contributed by atoms with van der Waals surface area (Å²) < 4.78 is 11.0. The fourth-order valence-electron chi connectivity index (χ4n) is 2.89. The van der Waals surface area contributed by atoms with Crippen molar-refractivity contribution in [3.8, 4) is 11.5 Å². The number of ether oxygens (including phenoxy) is 2. The highest BCUT2D eigenvalue weighted by atomic mass is 16.6. The van der Waals surface area contributed by atoms with E-state index < -0.39 is 0 Å². The van der Waals surface area contributed by atoms with E-state index in [0.29, 0.717) is 42.7 Å². The second-order valence-corrected chi connectivity index (χ2v) is 5.39. The second kappa shape index (κ2) is 5.71. The fourth-order valence-corrected chi connectivity index (χ4v) is 2.89. The van der Waals surface area contributed by atoms with Crippen molar-refractivity contribution in [3.63, 3.8) is 0 Å². The Morgan fingerprint density at radius 2 is 2.15 bits per heavy atom. The molecule has 1 aliphatic carbocycles. The molecular weight excluding hydrogens is 256 g/mol. The van der Waals surface area contributed by atoms with Crippen LogP contribution in [0.4, 0.5) is 0 Å². The molecule has 1 saturated carbocycles. The van der Waals surface area contributed by atoms with Crippen molar-refractivity contribution in [2.75, 3.05) is 19.8 Å². The van der Waals surface area contributed by atoms with Crippen LogP contribution in [0.15, 0.2) is 18.2 Å². The maximum absolute atomic E-state index is 12.3. The van der Waals surface area contributed by atoms with E-state index in [1.54, 1.807) is 6.07 Å². The topological polar surface area (TPSA) is 73.6 Å². The number of nitrogens with two attached hydrogens (primary N) is 1. The highest BCUT2D eigenvalue weighted by Crippen LogP contribution is 2.33. The van der Waals surface area contributed by atoms with Crippen molar-refractivity contribution in [1.82, 2.24) is 5.32 Å². The summed E-state index contributed by atoms with van der Waals surface area (Å²) in [6.45, 7) is 1.63. The highest BCUT2D eigenvalue weighted by molar-refractivity contribution is 5.97. The Morgan fingerprint density at radius 3 is 2.95 bits per heavy atom. The van der Waals surface area contributed by atoms with Crippen molar-refractivity contribution in [3.05, 3.63) is 23.8 Å². The first-order chi connectivity index (χ1) is 9.75. The molecule has 0 spiro atoms. The number of rotatable bonds is 3. The van der Waals surface area contributed by atoms with Gasteiger partial charge in [0.05, 0.1) is 5.56 Å². The normalized spacial score (nSPS) is 24.4. The van der Waals surface area contributed by atoms with Crippen LogP contribution >= 0.6 is 0 Å². The molecule has 0 bridgehead atoms. The van der Waals surface area contributed by atoms with Crippen LogP contribution in [-0.4, -0.2) is 31.7 Å². The lowest BCUT2D eigenvalue weighted by Gasteiger charge is -2.21. The van der Waals surface area contributed by atoms with Gasteiger partial charge in [-0.2, -0.15) is 0 Å². The third-order valence-electron chi connectivity index (χ3n) is 4.05. The molecule has 2 unspecified atom stereocenters. The molecule has 2 aliphatic rings. The van der Waals surface area contributed by atoms with Gasteiger partial charge in [0.25, 0.3) is 5.91 Å². The molecule has 0 radical (unpaired) electrons. The zero-order valence-electron chi connectivity index (χ0n) is 11.4. The minimum Gasteiger partial charge on any atom is -0.486 e. The second-order valence-electron chi connectivity index (χ2n) is 5.39. The van der Waals surface area contributed by atoms with E-state index in [0.717, 1.165) is 19.3 Å². The average Bonchev–Trinajstić information content (AvgIpc) is 2.89. The van der Waals surface area contributed by atoms with Crippen LogP contribution in [0, 0.1) is 5.92 Å². The molecule has 1 amide bonds. The zero-order valence-corrected chi connectivity index (χ0v) is 11.4. The van der Waals surface area contributed by atoms with Crippen LogP contribution in [0.25, 0.3) is 0 Å². The summed E-state index contributed by atoms with van der Waals surface area (Å²) in [4.78, 5) is 12.3. The predicted octanol–water partition coefficient (Wildman–Crippen LogP) is 1.31. The summed E-state index contributed by atoms with van der Waals surface area (Å²) in [6.07, 6.45) is 3.30. The molecule has 5 heteroatoms. The Balaban J connectivity index is 1.68. The van der Waals surface area contributed by atoms with E-state index in [1.165, 1.54) is 0 Å². The van der Waals surface area contributed by atoms with E-state index in [9.17, 15) is 4.79 Å². The molecule has 3 N–H and O–H groups in total.